The van der Waals surface area contributed by atoms with Gasteiger partial charge in [0.2, 0.25) is 0 Å². The van der Waals surface area contributed by atoms with Gasteiger partial charge in [-0.1, -0.05) is 48.0 Å². The number of para-hydroxylation sites is 1. The molecule has 5 aromatic rings. The summed E-state index contributed by atoms with van der Waals surface area (Å²) < 4.78 is 9.94. The van der Waals surface area contributed by atoms with Crippen molar-refractivity contribution in [1.29, 1.82) is 0 Å². The number of benzene rings is 3. The van der Waals surface area contributed by atoms with E-state index in [1.54, 1.807) is 12.1 Å². The van der Waals surface area contributed by atoms with Crippen LogP contribution in [0.15, 0.2) is 97.2 Å². The van der Waals surface area contributed by atoms with Gasteiger partial charge in [0, 0.05) is 22.5 Å². The SMILES string of the molecule is CCOc1cccc([C@@H]2c3cccn3-c3c(c(C)nn3-c3ccccc3)CN2C(=O)Nc2cccc(Cl)c2)c1. The van der Waals surface area contributed by atoms with Crippen molar-refractivity contribution in [2.45, 2.75) is 26.4 Å². The zero-order valence-corrected chi connectivity index (χ0v) is 22.5. The molecule has 8 heteroatoms. The minimum Gasteiger partial charge on any atom is -0.494 e. The van der Waals surface area contributed by atoms with Crippen LogP contribution in [0.4, 0.5) is 10.5 Å². The predicted octanol–water partition coefficient (Wildman–Crippen LogP) is 7.16. The number of aromatic nitrogens is 3. The molecule has 0 spiro atoms. The molecular weight excluding hydrogens is 510 g/mol. The average molecular weight is 538 g/mol. The van der Waals surface area contributed by atoms with Crippen molar-refractivity contribution in [1.82, 2.24) is 19.2 Å². The molecule has 3 heterocycles. The number of amides is 2. The summed E-state index contributed by atoms with van der Waals surface area (Å²) in [5, 5.41) is 8.53. The zero-order valence-electron chi connectivity index (χ0n) is 21.7. The number of aryl methyl sites for hydroxylation is 1. The Morgan fingerprint density at radius 2 is 1.85 bits per heavy atom. The third-order valence-corrected chi connectivity index (χ3v) is 7.14. The number of urea groups is 1. The molecule has 0 saturated heterocycles. The summed E-state index contributed by atoms with van der Waals surface area (Å²) >= 11 is 6.22. The lowest BCUT2D eigenvalue weighted by Crippen LogP contribution is -2.38. The van der Waals surface area contributed by atoms with Crippen LogP contribution in [0.2, 0.25) is 5.02 Å². The van der Waals surface area contributed by atoms with Gasteiger partial charge in [0.15, 0.2) is 0 Å². The fourth-order valence-corrected chi connectivity index (χ4v) is 5.39. The van der Waals surface area contributed by atoms with Crippen LogP contribution in [0.5, 0.6) is 5.75 Å². The second-order valence-corrected chi connectivity index (χ2v) is 9.85. The molecule has 39 heavy (non-hydrogen) atoms. The first-order valence-electron chi connectivity index (χ1n) is 12.9. The number of nitrogens with one attached hydrogen (secondary N) is 1. The first-order valence-corrected chi connectivity index (χ1v) is 13.3. The Hall–Kier alpha value is -4.49. The van der Waals surface area contributed by atoms with Crippen LogP contribution < -0.4 is 10.1 Å². The molecule has 1 aliphatic rings. The third-order valence-electron chi connectivity index (χ3n) is 6.91. The summed E-state index contributed by atoms with van der Waals surface area (Å²) in [6, 6.07) is 28.6. The molecule has 0 aliphatic carbocycles. The Labute approximate surface area is 232 Å². The molecule has 1 atom stereocenters. The van der Waals surface area contributed by atoms with E-state index in [4.69, 9.17) is 21.4 Å². The Morgan fingerprint density at radius 1 is 1.03 bits per heavy atom. The van der Waals surface area contributed by atoms with Crippen molar-refractivity contribution in [3.05, 3.63) is 125 Å². The van der Waals surface area contributed by atoms with Gasteiger partial charge in [0.1, 0.15) is 11.6 Å². The Balaban J connectivity index is 1.53. The summed E-state index contributed by atoms with van der Waals surface area (Å²) in [4.78, 5) is 15.9. The van der Waals surface area contributed by atoms with E-state index in [2.05, 4.69) is 16.0 Å². The van der Waals surface area contributed by atoms with E-state index in [0.29, 0.717) is 23.9 Å². The fourth-order valence-electron chi connectivity index (χ4n) is 5.20. The number of fused-ring (bicyclic) bond motifs is 3. The highest BCUT2D eigenvalue weighted by atomic mass is 35.5. The van der Waals surface area contributed by atoms with Crippen LogP contribution >= 0.6 is 11.6 Å². The number of carbonyl (C=O) groups is 1. The van der Waals surface area contributed by atoms with E-state index in [1.165, 1.54) is 0 Å². The van der Waals surface area contributed by atoms with Gasteiger partial charge in [0.05, 0.1) is 36.3 Å². The number of ether oxygens (including phenoxy) is 1. The Bertz CT molecular complexity index is 1640. The molecule has 2 amide bonds. The lowest BCUT2D eigenvalue weighted by molar-refractivity contribution is 0.194. The van der Waals surface area contributed by atoms with Gasteiger partial charge in [-0.2, -0.15) is 5.10 Å². The summed E-state index contributed by atoms with van der Waals surface area (Å²) in [5.41, 5.74) is 5.31. The first-order chi connectivity index (χ1) is 19.0. The van der Waals surface area contributed by atoms with Crippen LogP contribution in [-0.4, -0.2) is 31.9 Å². The van der Waals surface area contributed by atoms with E-state index >= 15 is 0 Å². The lowest BCUT2D eigenvalue weighted by atomic mass is 10.0. The number of hydrogen-bond donors (Lipinski definition) is 1. The molecule has 196 valence electrons. The quantitative estimate of drug-likeness (QED) is 0.259. The molecule has 6 rings (SSSR count). The summed E-state index contributed by atoms with van der Waals surface area (Å²) in [7, 11) is 0. The van der Waals surface area contributed by atoms with Gasteiger partial charge < -0.3 is 19.5 Å². The highest BCUT2D eigenvalue weighted by Gasteiger charge is 2.36. The second-order valence-electron chi connectivity index (χ2n) is 9.41. The summed E-state index contributed by atoms with van der Waals surface area (Å²) in [6.07, 6.45) is 2.03. The first kappa shape index (κ1) is 24.8. The van der Waals surface area contributed by atoms with Crippen LogP contribution in [0, 0.1) is 6.92 Å². The van der Waals surface area contributed by atoms with E-state index < -0.39 is 6.04 Å². The standard InChI is InChI=1S/C31H28ClN5O2/c1-3-39-26-15-7-10-22(18-26)29-28-16-9-17-35(28)30-27(21(2)34-37(30)25-13-5-4-6-14-25)20-36(29)31(38)33-24-12-8-11-23(32)19-24/h4-19,29H,3,20H2,1-2H3,(H,33,38)/t29-/m1/s1. The second kappa shape index (κ2) is 10.3. The molecule has 0 fully saturated rings. The van der Waals surface area contributed by atoms with E-state index in [0.717, 1.165) is 39.8 Å². The van der Waals surface area contributed by atoms with Crippen LogP contribution in [0.25, 0.3) is 11.5 Å². The smallest absolute Gasteiger partial charge is 0.322 e. The number of nitrogens with zero attached hydrogens (tertiary/aromatic N) is 4. The molecule has 0 unspecified atom stereocenters. The normalized spacial score (nSPS) is 14.3. The van der Waals surface area contributed by atoms with Crippen LogP contribution in [-0.2, 0) is 6.54 Å². The van der Waals surface area contributed by atoms with Gasteiger partial charge >= 0.3 is 6.03 Å². The molecular formula is C31H28ClN5O2. The van der Waals surface area contributed by atoms with Crippen molar-refractivity contribution in [2.75, 3.05) is 11.9 Å². The number of halogens is 1. The molecule has 2 aromatic heterocycles. The van der Waals surface area contributed by atoms with Gasteiger partial charge in [-0.05, 0) is 74.0 Å². The molecule has 0 bridgehead atoms. The number of anilines is 1. The van der Waals surface area contributed by atoms with E-state index in [-0.39, 0.29) is 6.03 Å². The minimum absolute atomic E-state index is 0.239. The van der Waals surface area contributed by atoms with Gasteiger partial charge in [-0.25, -0.2) is 9.48 Å². The van der Waals surface area contributed by atoms with Gasteiger partial charge in [-0.3, -0.25) is 0 Å². The Kier molecular flexibility index (Phi) is 6.59. The van der Waals surface area contributed by atoms with Gasteiger partial charge in [0.25, 0.3) is 0 Å². The molecule has 1 aliphatic heterocycles. The van der Waals surface area contributed by atoms with Crippen LogP contribution in [0.3, 0.4) is 0 Å². The maximum Gasteiger partial charge on any atom is 0.322 e. The van der Waals surface area contributed by atoms with Crippen molar-refractivity contribution < 1.29 is 9.53 Å². The van der Waals surface area contributed by atoms with Crippen LogP contribution in [0.1, 0.15) is 35.5 Å². The number of hydrogen-bond acceptors (Lipinski definition) is 3. The van der Waals surface area contributed by atoms with Gasteiger partial charge in [-0.15, -0.1) is 0 Å². The Morgan fingerprint density at radius 3 is 2.64 bits per heavy atom. The maximum absolute atomic E-state index is 14.1. The summed E-state index contributed by atoms with van der Waals surface area (Å²) in [5.74, 6) is 1.68. The highest BCUT2D eigenvalue weighted by Crippen LogP contribution is 2.39. The maximum atomic E-state index is 14.1. The highest BCUT2D eigenvalue weighted by molar-refractivity contribution is 6.30. The zero-order chi connectivity index (χ0) is 26.9. The molecule has 0 saturated carbocycles. The monoisotopic (exact) mass is 537 g/mol. The molecule has 3 aromatic carbocycles. The number of rotatable bonds is 5. The topological polar surface area (TPSA) is 64.3 Å². The molecule has 0 radical (unpaired) electrons. The fraction of sp³-hybridized carbons (Fsp3) is 0.161. The van der Waals surface area contributed by atoms with Crippen molar-refractivity contribution in [3.8, 4) is 17.3 Å². The van der Waals surface area contributed by atoms with Crippen molar-refractivity contribution in [2.24, 2.45) is 0 Å². The van der Waals surface area contributed by atoms with E-state index in [9.17, 15) is 4.79 Å². The molecule has 1 N–H and O–H groups in total. The minimum atomic E-state index is -0.393. The third kappa shape index (κ3) is 4.66. The molecule has 7 nitrogen and oxygen atoms in total. The van der Waals surface area contributed by atoms with Crippen molar-refractivity contribution >= 4 is 23.3 Å². The number of carbonyl (C=O) groups excluding carboxylic acids is 1. The summed E-state index contributed by atoms with van der Waals surface area (Å²) in [6.45, 7) is 4.86. The predicted molar refractivity (Wildman–Crippen MR) is 153 cm³/mol. The average Bonchev–Trinajstić information content (AvgIpc) is 3.50. The van der Waals surface area contributed by atoms with E-state index in [1.807, 2.05) is 102 Å². The lowest BCUT2D eigenvalue weighted by Gasteiger charge is -2.31. The largest absolute Gasteiger partial charge is 0.494 e. The van der Waals surface area contributed by atoms with Crippen molar-refractivity contribution in [3.63, 3.8) is 0 Å².